The smallest absolute Gasteiger partial charge is 0.134 e. The van der Waals surface area contributed by atoms with Crippen LogP contribution >= 0.6 is 0 Å². The van der Waals surface area contributed by atoms with Gasteiger partial charge >= 0.3 is 0 Å². The SMILES string of the molecule is COc1ccc2c(c1)[C@@]13CCN(CC4CC4)[C@@H](C2)[C@@]1(O)CCC(=O)C3. The van der Waals surface area contributed by atoms with E-state index in [0.717, 1.165) is 37.6 Å². The molecule has 2 saturated carbocycles. The van der Waals surface area contributed by atoms with Crippen molar-refractivity contribution >= 4 is 5.78 Å². The summed E-state index contributed by atoms with van der Waals surface area (Å²) in [7, 11) is 1.68. The summed E-state index contributed by atoms with van der Waals surface area (Å²) in [6.07, 6.45) is 6.03. The molecule has 0 spiro atoms. The Morgan fingerprint density at radius 1 is 1.32 bits per heavy atom. The number of nitrogens with zero attached hydrogens (tertiary/aromatic N) is 1. The molecule has 4 aliphatic rings. The second-order valence-electron chi connectivity index (χ2n) is 8.65. The van der Waals surface area contributed by atoms with Gasteiger partial charge in [0.05, 0.1) is 12.7 Å². The molecule has 1 heterocycles. The van der Waals surface area contributed by atoms with E-state index in [-0.39, 0.29) is 6.04 Å². The van der Waals surface area contributed by atoms with E-state index in [1.165, 1.54) is 24.0 Å². The van der Waals surface area contributed by atoms with Crippen LogP contribution in [0.3, 0.4) is 0 Å². The van der Waals surface area contributed by atoms with E-state index in [2.05, 4.69) is 17.0 Å². The first-order chi connectivity index (χ1) is 12.1. The number of Topliss-reactive ketones (excluding diaryl/α,β-unsaturated/α-hetero) is 1. The number of carbonyl (C=O) groups is 1. The highest BCUT2D eigenvalue weighted by molar-refractivity contribution is 5.82. The summed E-state index contributed by atoms with van der Waals surface area (Å²) in [5, 5.41) is 12.0. The summed E-state index contributed by atoms with van der Waals surface area (Å²) in [5.41, 5.74) is 1.26. The number of carbonyl (C=O) groups excluding carboxylic acids is 1. The number of rotatable bonds is 3. The van der Waals surface area contributed by atoms with Crippen molar-refractivity contribution in [3.8, 4) is 5.75 Å². The van der Waals surface area contributed by atoms with Gasteiger partial charge < -0.3 is 9.84 Å². The van der Waals surface area contributed by atoms with Crippen LogP contribution in [-0.2, 0) is 16.6 Å². The molecule has 0 amide bonds. The van der Waals surface area contributed by atoms with E-state index < -0.39 is 11.0 Å². The first kappa shape index (κ1) is 15.8. The zero-order valence-corrected chi connectivity index (χ0v) is 15.0. The van der Waals surface area contributed by atoms with Crippen LogP contribution in [-0.4, -0.2) is 47.6 Å². The molecule has 5 rings (SSSR count). The third kappa shape index (κ3) is 2.16. The number of likely N-dealkylation sites (tertiary alicyclic amines) is 1. The minimum absolute atomic E-state index is 0.149. The average molecular weight is 341 g/mol. The van der Waals surface area contributed by atoms with E-state index in [9.17, 15) is 9.90 Å². The lowest BCUT2D eigenvalue weighted by Crippen LogP contribution is -2.73. The molecule has 3 fully saturated rings. The highest BCUT2D eigenvalue weighted by Crippen LogP contribution is 2.58. The third-order valence-corrected chi connectivity index (χ3v) is 7.37. The number of ether oxygens (including phenoxy) is 1. The van der Waals surface area contributed by atoms with Crippen molar-refractivity contribution in [3.63, 3.8) is 0 Å². The zero-order valence-electron chi connectivity index (χ0n) is 15.0. The molecule has 25 heavy (non-hydrogen) atoms. The monoisotopic (exact) mass is 341 g/mol. The molecule has 0 unspecified atom stereocenters. The van der Waals surface area contributed by atoms with Crippen molar-refractivity contribution in [2.75, 3.05) is 20.2 Å². The number of ketones is 1. The quantitative estimate of drug-likeness (QED) is 0.917. The molecular weight excluding hydrogens is 314 g/mol. The van der Waals surface area contributed by atoms with Gasteiger partial charge in [-0.2, -0.15) is 0 Å². The van der Waals surface area contributed by atoms with Crippen molar-refractivity contribution in [1.29, 1.82) is 0 Å². The van der Waals surface area contributed by atoms with Gasteiger partial charge in [-0.1, -0.05) is 6.07 Å². The molecule has 0 aromatic heterocycles. The van der Waals surface area contributed by atoms with Crippen molar-refractivity contribution in [1.82, 2.24) is 4.90 Å². The van der Waals surface area contributed by atoms with Crippen LogP contribution in [0.1, 0.15) is 49.7 Å². The van der Waals surface area contributed by atoms with Crippen molar-refractivity contribution < 1.29 is 14.6 Å². The van der Waals surface area contributed by atoms with E-state index in [4.69, 9.17) is 4.74 Å². The number of aliphatic hydroxyl groups is 1. The Bertz CT molecular complexity index is 728. The van der Waals surface area contributed by atoms with Gasteiger partial charge in [0, 0.05) is 30.8 Å². The van der Waals surface area contributed by atoms with Gasteiger partial charge in [-0.25, -0.2) is 0 Å². The van der Waals surface area contributed by atoms with Crippen molar-refractivity contribution in [2.45, 2.75) is 62.0 Å². The molecule has 1 aromatic carbocycles. The van der Waals surface area contributed by atoms with Crippen LogP contribution in [0.4, 0.5) is 0 Å². The number of methoxy groups -OCH3 is 1. The maximum absolute atomic E-state index is 12.4. The second kappa shape index (κ2) is 5.31. The Labute approximate surface area is 149 Å². The highest BCUT2D eigenvalue weighted by Gasteiger charge is 2.64. The molecule has 1 N–H and O–H groups in total. The Hall–Kier alpha value is -1.39. The van der Waals surface area contributed by atoms with Crippen molar-refractivity contribution in [3.05, 3.63) is 29.3 Å². The Kier molecular flexibility index (Phi) is 3.36. The maximum atomic E-state index is 12.4. The number of hydrogen-bond acceptors (Lipinski definition) is 4. The normalized spacial score (nSPS) is 37.4. The van der Waals surface area contributed by atoms with Gasteiger partial charge in [-0.3, -0.25) is 9.69 Å². The predicted molar refractivity (Wildman–Crippen MR) is 94.9 cm³/mol. The molecule has 1 saturated heterocycles. The summed E-state index contributed by atoms with van der Waals surface area (Å²) < 4.78 is 5.46. The Morgan fingerprint density at radius 3 is 2.92 bits per heavy atom. The summed E-state index contributed by atoms with van der Waals surface area (Å²) in [5.74, 6) is 1.95. The van der Waals surface area contributed by atoms with Gasteiger partial charge in [-0.15, -0.1) is 0 Å². The molecule has 3 atom stereocenters. The predicted octanol–water partition coefficient (Wildman–Crippen LogP) is 2.46. The minimum Gasteiger partial charge on any atom is -0.497 e. The summed E-state index contributed by atoms with van der Waals surface area (Å²) in [6, 6.07) is 6.41. The topological polar surface area (TPSA) is 49.8 Å². The van der Waals surface area contributed by atoms with Crippen molar-refractivity contribution in [2.24, 2.45) is 5.92 Å². The summed E-state index contributed by atoms with van der Waals surface area (Å²) in [4.78, 5) is 15.0. The standard InChI is InChI=1S/C21H27NO3/c1-25-17-5-4-15-10-19-21(24)7-6-16(23)12-20(21,18(15)11-17)8-9-22(19)13-14-2-3-14/h4-5,11,14,19,24H,2-3,6-10,12-13H2,1H3/t19-,20-,21-/m0/s1. The van der Waals surface area contributed by atoms with E-state index in [1.807, 2.05) is 6.07 Å². The first-order valence-electron chi connectivity index (χ1n) is 9.71. The molecule has 4 nitrogen and oxygen atoms in total. The first-order valence-corrected chi connectivity index (χ1v) is 9.71. The molecule has 3 aliphatic carbocycles. The molecule has 4 heteroatoms. The van der Waals surface area contributed by atoms with Crippen LogP contribution < -0.4 is 4.74 Å². The van der Waals surface area contributed by atoms with Gasteiger partial charge in [0.2, 0.25) is 0 Å². The Balaban J connectivity index is 1.64. The van der Waals surface area contributed by atoms with Gasteiger partial charge in [0.15, 0.2) is 0 Å². The molecule has 1 aromatic rings. The fraction of sp³-hybridized carbons (Fsp3) is 0.667. The van der Waals surface area contributed by atoms with Crippen LogP contribution in [0.2, 0.25) is 0 Å². The van der Waals surface area contributed by atoms with Gasteiger partial charge in [-0.05, 0) is 67.8 Å². The van der Waals surface area contributed by atoms with Crippen LogP contribution in [0, 0.1) is 5.92 Å². The van der Waals surface area contributed by atoms with Crippen LogP contribution in [0.25, 0.3) is 0 Å². The zero-order chi connectivity index (χ0) is 17.2. The number of hydrogen-bond donors (Lipinski definition) is 1. The number of piperidine rings is 1. The largest absolute Gasteiger partial charge is 0.497 e. The molecule has 0 radical (unpaired) electrons. The van der Waals surface area contributed by atoms with E-state index >= 15 is 0 Å². The fourth-order valence-electron chi connectivity index (χ4n) is 5.86. The molecule has 2 bridgehead atoms. The summed E-state index contributed by atoms with van der Waals surface area (Å²) in [6.45, 7) is 2.11. The third-order valence-electron chi connectivity index (χ3n) is 7.37. The second-order valence-corrected chi connectivity index (χ2v) is 8.65. The van der Waals surface area contributed by atoms with E-state index in [1.54, 1.807) is 7.11 Å². The molecule has 134 valence electrons. The molecular formula is C21H27NO3. The Morgan fingerprint density at radius 2 is 2.16 bits per heavy atom. The maximum Gasteiger partial charge on any atom is 0.134 e. The van der Waals surface area contributed by atoms with Gasteiger partial charge in [0.25, 0.3) is 0 Å². The van der Waals surface area contributed by atoms with Gasteiger partial charge in [0.1, 0.15) is 11.5 Å². The molecule has 1 aliphatic heterocycles. The lowest BCUT2D eigenvalue weighted by molar-refractivity contribution is -0.173. The number of benzene rings is 1. The summed E-state index contributed by atoms with van der Waals surface area (Å²) >= 11 is 0. The van der Waals surface area contributed by atoms with E-state index in [0.29, 0.717) is 25.0 Å². The average Bonchev–Trinajstić information content (AvgIpc) is 3.42. The lowest BCUT2D eigenvalue weighted by Gasteiger charge is -2.63. The fourth-order valence-corrected chi connectivity index (χ4v) is 5.86. The van der Waals surface area contributed by atoms with Crippen LogP contribution in [0.15, 0.2) is 18.2 Å². The highest BCUT2D eigenvalue weighted by atomic mass is 16.5. The lowest BCUT2D eigenvalue weighted by atomic mass is 9.49. The minimum atomic E-state index is -0.784. The number of fused-ring (bicyclic) bond motifs is 1. The van der Waals surface area contributed by atoms with Crippen LogP contribution in [0.5, 0.6) is 5.75 Å².